The van der Waals surface area contributed by atoms with E-state index in [9.17, 15) is 5.11 Å². The summed E-state index contributed by atoms with van der Waals surface area (Å²) in [6.45, 7) is 5.91. The van der Waals surface area contributed by atoms with Gasteiger partial charge in [0.25, 0.3) is 0 Å². The van der Waals surface area contributed by atoms with E-state index in [1.165, 1.54) is 0 Å². The minimum Gasteiger partial charge on any atom is -0.394 e. The van der Waals surface area contributed by atoms with E-state index < -0.39 is 0 Å². The van der Waals surface area contributed by atoms with E-state index in [4.69, 9.17) is 4.74 Å². The van der Waals surface area contributed by atoms with Crippen molar-refractivity contribution in [1.82, 2.24) is 10.2 Å². The molecule has 1 fully saturated rings. The SMILES string of the molecule is CCC1COCCN1CCC(CO)(NC)c1ccccc1. The topological polar surface area (TPSA) is 44.7 Å². The summed E-state index contributed by atoms with van der Waals surface area (Å²) in [5.41, 5.74) is 0.786. The molecule has 1 aromatic carbocycles. The van der Waals surface area contributed by atoms with E-state index in [2.05, 4.69) is 29.3 Å². The molecule has 1 heterocycles. The molecule has 2 atom stereocenters. The minimum absolute atomic E-state index is 0.106. The molecule has 4 heteroatoms. The van der Waals surface area contributed by atoms with Crippen molar-refractivity contribution in [2.75, 3.05) is 40.0 Å². The van der Waals surface area contributed by atoms with Gasteiger partial charge in [-0.2, -0.15) is 0 Å². The maximum Gasteiger partial charge on any atom is 0.0678 e. The Kier molecular flexibility index (Phi) is 6.18. The lowest BCUT2D eigenvalue weighted by molar-refractivity contribution is -0.0142. The normalized spacial score (nSPS) is 22.9. The summed E-state index contributed by atoms with van der Waals surface area (Å²) >= 11 is 0. The third kappa shape index (κ3) is 3.83. The first-order chi connectivity index (χ1) is 10.3. The van der Waals surface area contributed by atoms with Crippen LogP contribution in [0.4, 0.5) is 0 Å². The number of rotatable bonds is 7. The number of nitrogens with zero attached hydrogens (tertiary/aromatic N) is 1. The Balaban J connectivity index is 2.06. The Morgan fingerprint density at radius 1 is 1.38 bits per heavy atom. The van der Waals surface area contributed by atoms with Crippen LogP contribution in [0.25, 0.3) is 0 Å². The average Bonchev–Trinajstić information content (AvgIpc) is 2.57. The zero-order valence-corrected chi connectivity index (χ0v) is 13.2. The summed E-state index contributed by atoms with van der Waals surface area (Å²) in [6.07, 6.45) is 2.00. The van der Waals surface area contributed by atoms with Crippen LogP contribution in [0, 0.1) is 0 Å². The summed E-state index contributed by atoms with van der Waals surface area (Å²) < 4.78 is 5.57. The minimum atomic E-state index is -0.363. The van der Waals surface area contributed by atoms with Crippen LogP contribution >= 0.6 is 0 Å². The smallest absolute Gasteiger partial charge is 0.0678 e. The van der Waals surface area contributed by atoms with E-state index in [-0.39, 0.29) is 12.1 Å². The molecule has 0 amide bonds. The Labute approximate surface area is 128 Å². The molecule has 0 radical (unpaired) electrons. The molecule has 0 bridgehead atoms. The molecule has 2 unspecified atom stereocenters. The van der Waals surface area contributed by atoms with Crippen molar-refractivity contribution in [3.63, 3.8) is 0 Å². The van der Waals surface area contributed by atoms with Gasteiger partial charge in [-0.3, -0.25) is 4.90 Å². The second-order valence-electron chi connectivity index (χ2n) is 5.78. The van der Waals surface area contributed by atoms with Crippen molar-refractivity contribution in [3.05, 3.63) is 35.9 Å². The van der Waals surface area contributed by atoms with Crippen LogP contribution in [0.15, 0.2) is 30.3 Å². The van der Waals surface area contributed by atoms with Crippen LogP contribution < -0.4 is 5.32 Å². The van der Waals surface area contributed by atoms with Crippen LogP contribution in [0.5, 0.6) is 0 Å². The largest absolute Gasteiger partial charge is 0.394 e. The highest BCUT2D eigenvalue weighted by atomic mass is 16.5. The predicted molar refractivity (Wildman–Crippen MR) is 85.4 cm³/mol. The van der Waals surface area contributed by atoms with Crippen molar-refractivity contribution >= 4 is 0 Å². The maximum absolute atomic E-state index is 9.98. The molecule has 21 heavy (non-hydrogen) atoms. The highest BCUT2D eigenvalue weighted by Crippen LogP contribution is 2.25. The van der Waals surface area contributed by atoms with E-state index in [1.807, 2.05) is 25.2 Å². The molecule has 2 rings (SSSR count). The molecule has 1 aromatic rings. The van der Waals surface area contributed by atoms with E-state index in [1.54, 1.807) is 0 Å². The van der Waals surface area contributed by atoms with Crippen LogP contribution in [0.3, 0.4) is 0 Å². The second-order valence-corrected chi connectivity index (χ2v) is 5.78. The molecule has 1 aliphatic rings. The third-order valence-electron chi connectivity index (χ3n) is 4.72. The van der Waals surface area contributed by atoms with Crippen LogP contribution in [0.2, 0.25) is 0 Å². The van der Waals surface area contributed by atoms with Gasteiger partial charge >= 0.3 is 0 Å². The predicted octanol–water partition coefficient (Wildman–Crippen LogP) is 1.59. The number of ether oxygens (including phenoxy) is 1. The first-order valence-corrected chi connectivity index (χ1v) is 7.93. The summed E-state index contributed by atoms with van der Waals surface area (Å²) in [5.74, 6) is 0. The lowest BCUT2D eigenvalue weighted by atomic mass is 9.87. The van der Waals surface area contributed by atoms with Crippen molar-refractivity contribution < 1.29 is 9.84 Å². The van der Waals surface area contributed by atoms with E-state index in [0.29, 0.717) is 6.04 Å². The molecule has 0 aliphatic carbocycles. The van der Waals surface area contributed by atoms with Crippen molar-refractivity contribution in [3.8, 4) is 0 Å². The van der Waals surface area contributed by atoms with Crippen molar-refractivity contribution in [2.24, 2.45) is 0 Å². The fraction of sp³-hybridized carbons (Fsp3) is 0.647. The van der Waals surface area contributed by atoms with E-state index >= 15 is 0 Å². The Morgan fingerprint density at radius 3 is 2.76 bits per heavy atom. The van der Waals surface area contributed by atoms with E-state index in [0.717, 1.165) is 44.7 Å². The van der Waals surface area contributed by atoms with Gasteiger partial charge in [-0.05, 0) is 25.5 Å². The van der Waals surface area contributed by atoms with Gasteiger partial charge in [0.1, 0.15) is 0 Å². The van der Waals surface area contributed by atoms with Gasteiger partial charge in [0.05, 0.1) is 25.4 Å². The number of benzene rings is 1. The molecule has 4 nitrogen and oxygen atoms in total. The van der Waals surface area contributed by atoms with Gasteiger partial charge in [-0.15, -0.1) is 0 Å². The van der Waals surface area contributed by atoms with Gasteiger partial charge in [0, 0.05) is 19.1 Å². The Hall–Kier alpha value is -0.940. The van der Waals surface area contributed by atoms with Gasteiger partial charge in [0.2, 0.25) is 0 Å². The van der Waals surface area contributed by atoms with Gasteiger partial charge in [0.15, 0.2) is 0 Å². The molecular formula is C17H28N2O2. The summed E-state index contributed by atoms with van der Waals surface area (Å²) in [4.78, 5) is 2.49. The first kappa shape index (κ1) is 16.4. The molecule has 2 N–H and O–H groups in total. The summed E-state index contributed by atoms with van der Waals surface area (Å²) in [7, 11) is 1.93. The molecule has 0 aromatic heterocycles. The average molecular weight is 292 g/mol. The second kappa shape index (κ2) is 7.90. The summed E-state index contributed by atoms with van der Waals surface area (Å²) in [5, 5.41) is 13.3. The van der Waals surface area contributed by atoms with Gasteiger partial charge in [-0.1, -0.05) is 37.3 Å². The monoisotopic (exact) mass is 292 g/mol. The van der Waals surface area contributed by atoms with Crippen LogP contribution in [0.1, 0.15) is 25.3 Å². The van der Waals surface area contributed by atoms with Crippen molar-refractivity contribution in [2.45, 2.75) is 31.3 Å². The maximum atomic E-state index is 9.98. The number of likely N-dealkylation sites (N-methyl/N-ethyl adjacent to an activating group) is 1. The molecule has 1 aliphatic heterocycles. The summed E-state index contributed by atoms with van der Waals surface area (Å²) in [6, 6.07) is 10.7. The van der Waals surface area contributed by atoms with Gasteiger partial charge < -0.3 is 15.2 Å². The zero-order valence-electron chi connectivity index (χ0n) is 13.2. The fourth-order valence-corrected chi connectivity index (χ4v) is 3.11. The molecule has 1 saturated heterocycles. The number of hydrogen-bond acceptors (Lipinski definition) is 4. The third-order valence-corrected chi connectivity index (χ3v) is 4.72. The molecular weight excluding hydrogens is 264 g/mol. The quantitative estimate of drug-likeness (QED) is 0.801. The highest BCUT2D eigenvalue weighted by molar-refractivity contribution is 5.24. The highest BCUT2D eigenvalue weighted by Gasteiger charge is 2.31. The number of aliphatic hydroxyl groups is 1. The number of aliphatic hydroxyl groups excluding tert-OH is 1. The number of morpholine rings is 1. The number of hydrogen-bond donors (Lipinski definition) is 2. The fourth-order valence-electron chi connectivity index (χ4n) is 3.11. The molecule has 0 spiro atoms. The lowest BCUT2D eigenvalue weighted by Gasteiger charge is -2.39. The Morgan fingerprint density at radius 2 is 2.14 bits per heavy atom. The molecule has 0 saturated carbocycles. The Bertz CT molecular complexity index is 407. The molecule has 118 valence electrons. The zero-order chi connectivity index (χ0) is 15.1. The van der Waals surface area contributed by atoms with Crippen molar-refractivity contribution in [1.29, 1.82) is 0 Å². The van der Waals surface area contributed by atoms with Crippen LogP contribution in [-0.2, 0) is 10.3 Å². The van der Waals surface area contributed by atoms with Crippen LogP contribution in [-0.4, -0.2) is 56.0 Å². The van der Waals surface area contributed by atoms with Gasteiger partial charge in [-0.25, -0.2) is 0 Å². The lowest BCUT2D eigenvalue weighted by Crippen LogP contribution is -2.50. The first-order valence-electron chi connectivity index (χ1n) is 7.93. The number of nitrogens with one attached hydrogen (secondary N) is 1. The standard InChI is InChI=1S/C17H28N2O2/c1-3-16-13-21-12-11-19(16)10-9-17(14-20,18-2)15-7-5-4-6-8-15/h4-8,16,18,20H,3,9-14H2,1-2H3.